The first-order valence-corrected chi connectivity index (χ1v) is 33.6. The van der Waals surface area contributed by atoms with Crippen LogP contribution < -0.4 is 9.47 Å². The van der Waals surface area contributed by atoms with Crippen LogP contribution in [0.25, 0.3) is 259 Å². The van der Waals surface area contributed by atoms with Gasteiger partial charge in [-0.25, -0.2) is 0 Å². The average molecular weight is 1120 g/mol. The van der Waals surface area contributed by atoms with Crippen molar-refractivity contribution in [2.75, 3.05) is 27.2 Å². The topological polar surface area (TPSA) is 24.9 Å². The molecule has 0 N–H and O–H groups in total. The van der Waals surface area contributed by atoms with Gasteiger partial charge in [-0.1, -0.05) is 48.5 Å². The summed E-state index contributed by atoms with van der Waals surface area (Å²) in [6.07, 6.45) is 0. The number of likely N-dealkylation sites (N-methyl/N-ethyl adjacent to an activating group) is 2. The van der Waals surface area contributed by atoms with Gasteiger partial charge >= 0.3 is 0 Å². The molecule has 2 saturated heterocycles. The van der Waals surface area contributed by atoms with Gasteiger partial charge in [-0.05, 0) is 364 Å². The minimum Gasteiger partial charge on any atom is -0.489 e. The van der Waals surface area contributed by atoms with E-state index in [1.165, 1.54) is 22.3 Å². The molecule has 394 valence electrons. The van der Waals surface area contributed by atoms with Gasteiger partial charge in [0, 0.05) is 25.2 Å². The van der Waals surface area contributed by atoms with Gasteiger partial charge in [0.05, 0.1) is 21.7 Å². The second-order valence-corrected chi connectivity index (χ2v) is 32.5. The predicted octanol–water partition coefficient (Wildman–Crippen LogP) is 19.7. The lowest BCUT2D eigenvalue weighted by molar-refractivity contribution is 0.268. The van der Waals surface area contributed by atoms with Crippen LogP contribution in [0.4, 0.5) is 0 Å². The highest BCUT2D eigenvalue weighted by atomic mass is 16.5. The van der Waals surface area contributed by atoms with Gasteiger partial charge in [0.1, 0.15) is 24.7 Å². The van der Waals surface area contributed by atoms with Crippen molar-refractivity contribution in [3.8, 4) is 22.6 Å². The molecule has 41 rings (SSSR count). The fraction of sp³-hybridized carbons (Fsp3) is 0.140. The molecule has 0 saturated carbocycles. The molecule has 4 unspecified atom stereocenters. The summed E-state index contributed by atoms with van der Waals surface area (Å²) in [5.41, 5.74) is 21.1. The summed E-state index contributed by atoms with van der Waals surface area (Å²) >= 11 is 0. The molecule has 6 aliphatic heterocycles. The Morgan fingerprint density at radius 3 is 0.822 bits per heavy atom. The maximum Gasteiger partial charge on any atom is 0.119 e. The second kappa shape index (κ2) is 9.06. The molecule has 9 bridgehead atoms. The molecule has 6 heterocycles. The van der Waals surface area contributed by atoms with Crippen LogP contribution in [-0.4, -0.2) is 37.0 Å². The average Bonchev–Trinajstić information content (AvgIpc) is 1.37. The molecular weight excluding hydrogens is 1090 g/mol. The zero-order chi connectivity index (χ0) is 54.8. The summed E-state index contributed by atoms with van der Waals surface area (Å²) in [4.78, 5) is 5.94. The van der Waals surface area contributed by atoms with Crippen molar-refractivity contribution < 1.29 is 9.47 Å². The Balaban J connectivity index is 0.939. The van der Waals surface area contributed by atoms with E-state index in [1.54, 1.807) is 303 Å². The van der Waals surface area contributed by atoms with Crippen molar-refractivity contribution in [1.29, 1.82) is 0 Å². The zero-order valence-electron chi connectivity index (χ0n) is 47.6. The summed E-state index contributed by atoms with van der Waals surface area (Å²) in [5, 5.41) is 76.6. The van der Waals surface area contributed by atoms with Gasteiger partial charge in [-0.2, -0.15) is 0 Å². The number of nitrogens with zero attached hydrogens (tertiary/aromatic N) is 2. The third-order valence-corrected chi connectivity index (χ3v) is 31.6. The Kier molecular flexibility index (Phi) is 3.73. The Morgan fingerprint density at radius 1 is 0.267 bits per heavy atom. The van der Waals surface area contributed by atoms with Crippen LogP contribution in [0.5, 0.6) is 11.5 Å². The monoisotopic (exact) mass is 1120 g/mol. The van der Waals surface area contributed by atoms with Crippen molar-refractivity contribution in [2.24, 2.45) is 0 Å². The molecule has 27 aromatic carbocycles. The molecule has 14 aliphatic rings. The van der Waals surface area contributed by atoms with Crippen LogP contribution in [-0.2, 0) is 34.9 Å². The van der Waals surface area contributed by atoms with Crippen LogP contribution in [0.3, 0.4) is 0 Å². The minimum absolute atomic E-state index is 0.0534. The molecule has 6 atom stereocenters. The van der Waals surface area contributed by atoms with Crippen molar-refractivity contribution in [3.05, 3.63) is 140 Å². The van der Waals surface area contributed by atoms with Crippen molar-refractivity contribution in [2.45, 2.75) is 47.0 Å². The molecular formula is C86H28N2O2. The van der Waals surface area contributed by atoms with E-state index in [0.29, 0.717) is 13.2 Å². The summed E-state index contributed by atoms with van der Waals surface area (Å²) in [7, 11) is 5.19. The third kappa shape index (κ3) is 2.23. The van der Waals surface area contributed by atoms with E-state index in [-0.39, 0.29) is 22.9 Å². The Labute approximate surface area is 500 Å². The van der Waals surface area contributed by atoms with Crippen LogP contribution >= 0.6 is 0 Å². The van der Waals surface area contributed by atoms with Gasteiger partial charge in [0.15, 0.2) is 0 Å². The lowest BCUT2D eigenvalue weighted by Gasteiger charge is -2.53. The molecule has 0 aromatic heterocycles. The Hall–Kier alpha value is -10.1. The van der Waals surface area contributed by atoms with E-state index in [4.69, 9.17) is 9.47 Å². The molecule has 27 aromatic rings. The van der Waals surface area contributed by atoms with Gasteiger partial charge in [0.25, 0.3) is 0 Å². The Morgan fingerprint density at radius 2 is 0.500 bits per heavy atom. The van der Waals surface area contributed by atoms with E-state index in [9.17, 15) is 0 Å². The summed E-state index contributed by atoms with van der Waals surface area (Å²) in [6.45, 7) is 2.95. The molecule has 90 heavy (non-hydrogen) atoms. The first-order valence-electron chi connectivity index (χ1n) is 33.6. The lowest BCUT2D eigenvalue weighted by Crippen LogP contribution is -2.52. The maximum atomic E-state index is 6.96. The summed E-state index contributed by atoms with van der Waals surface area (Å²) in [5.74, 6) is 1.86. The Bertz CT molecular complexity index is 8530. The fourth-order valence-electron chi connectivity index (χ4n) is 31.3. The first-order chi connectivity index (χ1) is 44.6. The normalized spacial score (nSPS) is 27.1. The van der Waals surface area contributed by atoms with Crippen LogP contribution in [0, 0.1) is 0 Å². The SMILES string of the molecule is CN1CC23c4c5c6c7c8c9c%10c%11c%12c%13c%14c%15c%16c%17c%18c-8c(c8c%19c2c2c4c4c%20c5c(c6%10)c5c%11c6c%13c%10c%14c%11c%16c%13c(c8%17)c%19c8c2c2c4c4c%20c5c6c5c%10c6c%11c%13c8c2c6c45)C73[C@@H]1c1ccc(cc1)OCc1ccccc1COc1ccc(cc1)[C@@H]1N(C)CC9%12C%18%151. The van der Waals surface area contributed by atoms with E-state index in [0.717, 1.165) is 24.6 Å². The number of benzene rings is 19. The highest BCUT2D eigenvalue weighted by Gasteiger charge is 2.82. The number of hydrogen-bond acceptors (Lipinski definition) is 4. The first kappa shape index (κ1) is 37.0. The molecule has 2 fully saturated rings. The summed E-state index contributed by atoms with van der Waals surface area (Å²) < 4.78 is 13.9. The van der Waals surface area contributed by atoms with Gasteiger partial charge in [0.2, 0.25) is 0 Å². The van der Waals surface area contributed by atoms with Gasteiger partial charge < -0.3 is 9.47 Å². The summed E-state index contributed by atoms with van der Waals surface area (Å²) in [6, 6.07) is 28.5. The van der Waals surface area contributed by atoms with Crippen molar-refractivity contribution in [3.63, 3.8) is 0 Å². The molecule has 4 nitrogen and oxygen atoms in total. The minimum atomic E-state index is -0.440. The van der Waals surface area contributed by atoms with E-state index in [2.05, 4.69) is 96.7 Å². The van der Waals surface area contributed by atoms with Crippen molar-refractivity contribution in [1.82, 2.24) is 9.80 Å². The maximum absolute atomic E-state index is 6.96. The highest BCUT2D eigenvalue weighted by Crippen LogP contribution is 2.92. The molecule has 4 heteroatoms. The highest BCUT2D eigenvalue weighted by molar-refractivity contribution is 6.79. The largest absolute Gasteiger partial charge is 0.489 e. The van der Waals surface area contributed by atoms with Crippen LogP contribution in [0.2, 0.25) is 0 Å². The fourth-order valence-corrected chi connectivity index (χ4v) is 31.3. The lowest BCUT2D eigenvalue weighted by atomic mass is 9.46. The van der Waals surface area contributed by atoms with E-state index in [1.807, 2.05) is 0 Å². The molecule has 0 amide bonds. The van der Waals surface area contributed by atoms with Crippen LogP contribution in [0.15, 0.2) is 72.8 Å². The predicted molar refractivity (Wildman–Crippen MR) is 365 cm³/mol. The van der Waals surface area contributed by atoms with E-state index < -0.39 is 10.8 Å². The molecule has 0 radical (unpaired) electrons. The van der Waals surface area contributed by atoms with Crippen LogP contribution in [0.1, 0.15) is 78.8 Å². The van der Waals surface area contributed by atoms with Gasteiger partial charge in [-0.15, -0.1) is 0 Å². The standard InChI is InChI=1S/C86H28N2O2/c1-87-17-83-73-59-49-38-29-25-26-28-33-27(25)34-31-36(29)43(49)53-47-40(31)51-42(34)52-45(33)56-46-35(28)32-37-30(26)39(38)50-44(37)54-48-41(32)55(46)67-70-58(48)69(64(54)74(83)60(50)59)79-72-71-76-65-57(47)68(63(53)73)78(71)86(79,83)82(87)20-9-13-24(14-10-20)90-16-22-6-4-3-5-21(22)15-89-23-11-7-19(8-12-23)81-85(80(70)72)77(67)66(56)62(52)75(61(51)65)84(76,85)18-88(81)2/h3-14,81-82H,15-18H2,1-2H3/t81-,82-,83?,84?,85?,86?/m0/s1. The smallest absolute Gasteiger partial charge is 0.119 e. The quantitative estimate of drug-likeness (QED) is 0.141. The third-order valence-electron chi connectivity index (χ3n) is 31.6. The number of ether oxygens (including phenoxy) is 2. The second-order valence-electron chi connectivity index (χ2n) is 32.5. The number of likely N-dealkylation sites (tertiary alicyclic amines) is 2. The number of rotatable bonds is 0. The van der Waals surface area contributed by atoms with E-state index >= 15 is 0 Å². The van der Waals surface area contributed by atoms with Gasteiger partial charge in [-0.3, -0.25) is 9.80 Å². The molecule has 8 aliphatic carbocycles. The zero-order valence-corrected chi connectivity index (χ0v) is 47.6. The molecule has 4 spiro atoms. The number of hydrogen-bond donors (Lipinski definition) is 0. The van der Waals surface area contributed by atoms with Crippen molar-refractivity contribution >= 4 is 248 Å².